The molecule has 0 saturated carbocycles. The van der Waals surface area contributed by atoms with Crippen molar-refractivity contribution >= 4 is 11.6 Å². The van der Waals surface area contributed by atoms with E-state index in [-0.39, 0.29) is 17.9 Å². The molecule has 3 heterocycles. The van der Waals surface area contributed by atoms with E-state index >= 15 is 0 Å². The summed E-state index contributed by atoms with van der Waals surface area (Å²) >= 11 is 0. The van der Waals surface area contributed by atoms with Gasteiger partial charge in [0.05, 0.1) is 5.69 Å². The van der Waals surface area contributed by atoms with Crippen LogP contribution in [0.2, 0.25) is 0 Å². The van der Waals surface area contributed by atoms with Crippen LogP contribution in [0, 0.1) is 18.3 Å². The highest BCUT2D eigenvalue weighted by Crippen LogP contribution is 2.39. The summed E-state index contributed by atoms with van der Waals surface area (Å²) in [5.74, 6) is 1.27. The van der Waals surface area contributed by atoms with Gasteiger partial charge in [0.25, 0.3) is 5.91 Å². The van der Waals surface area contributed by atoms with E-state index < -0.39 is 5.91 Å². The van der Waals surface area contributed by atoms with Crippen LogP contribution in [0.3, 0.4) is 0 Å². The molecule has 0 spiro atoms. The number of aryl methyl sites for hydroxylation is 1. The molecule has 1 aromatic carbocycles. The summed E-state index contributed by atoms with van der Waals surface area (Å²) in [6.45, 7) is 1.76. The molecule has 0 radical (unpaired) electrons. The Labute approximate surface area is 143 Å². The minimum atomic E-state index is -0.444. The molecule has 0 atom stereocenters. The van der Waals surface area contributed by atoms with E-state index in [2.05, 4.69) is 11.4 Å². The number of carbonyl (C=O) groups is 1. The first kappa shape index (κ1) is 14.9. The molecule has 1 aliphatic heterocycles. The zero-order valence-corrected chi connectivity index (χ0v) is 13.3. The molecule has 0 unspecified atom stereocenters. The lowest BCUT2D eigenvalue weighted by molar-refractivity contribution is 0.102. The number of hydrogen-bond acceptors (Lipinski definition) is 5. The van der Waals surface area contributed by atoms with Gasteiger partial charge >= 0.3 is 0 Å². The molecule has 4 rings (SSSR count). The standard InChI is InChI=1S/C18H13N3O4/c1-11-15(12(9-19)18(25-11)21-7-2-3-8-21)17(22)20-13-5-4-6-14-16(13)24-10-23-14/h2-8H,10H2,1H3,(H,20,22). The summed E-state index contributed by atoms with van der Waals surface area (Å²) in [5.41, 5.74) is 0.852. The summed E-state index contributed by atoms with van der Waals surface area (Å²) in [6, 6.07) is 10.9. The van der Waals surface area contributed by atoms with Crippen LogP contribution in [0.5, 0.6) is 11.5 Å². The van der Waals surface area contributed by atoms with Crippen LogP contribution >= 0.6 is 0 Å². The molecule has 124 valence electrons. The third-order valence-corrected chi connectivity index (χ3v) is 3.89. The Morgan fingerprint density at radius 3 is 2.80 bits per heavy atom. The van der Waals surface area contributed by atoms with E-state index in [1.165, 1.54) is 0 Å². The molecule has 3 aromatic rings. The van der Waals surface area contributed by atoms with Crippen molar-refractivity contribution in [2.45, 2.75) is 6.92 Å². The normalized spacial score (nSPS) is 12.0. The van der Waals surface area contributed by atoms with Crippen molar-refractivity contribution < 1.29 is 18.7 Å². The van der Waals surface area contributed by atoms with Gasteiger partial charge in [-0.05, 0) is 31.2 Å². The van der Waals surface area contributed by atoms with Gasteiger partial charge in [-0.1, -0.05) is 6.07 Å². The van der Waals surface area contributed by atoms with Crippen LogP contribution in [0.25, 0.3) is 5.88 Å². The van der Waals surface area contributed by atoms with Crippen LogP contribution in [0.4, 0.5) is 5.69 Å². The third-order valence-electron chi connectivity index (χ3n) is 3.89. The number of nitrogens with one attached hydrogen (secondary N) is 1. The number of fused-ring (bicyclic) bond motifs is 1. The Morgan fingerprint density at radius 1 is 1.24 bits per heavy atom. The second kappa shape index (κ2) is 5.76. The van der Waals surface area contributed by atoms with Crippen molar-refractivity contribution in [3.63, 3.8) is 0 Å². The van der Waals surface area contributed by atoms with Gasteiger partial charge in [-0.3, -0.25) is 9.36 Å². The van der Waals surface area contributed by atoms with Gasteiger partial charge in [-0.2, -0.15) is 5.26 Å². The molecule has 7 nitrogen and oxygen atoms in total. The SMILES string of the molecule is Cc1oc(-n2cccc2)c(C#N)c1C(=O)Nc1cccc2c1OCO2. The van der Waals surface area contributed by atoms with Crippen LogP contribution < -0.4 is 14.8 Å². The first-order valence-corrected chi connectivity index (χ1v) is 7.56. The minimum Gasteiger partial charge on any atom is -0.454 e. The van der Waals surface area contributed by atoms with Crippen LogP contribution in [-0.2, 0) is 0 Å². The van der Waals surface area contributed by atoms with E-state index in [4.69, 9.17) is 13.9 Å². The number of carbonyl (C=O) groups excluding carboxylic acids is 1. The highest BCUT2D eigenvalue weighted by Gasteiger charge is 2.26. The second-order valence-electron chi connectivity index (χ2n) is 5.41. The number of aromatic nitrogens is 1. The Balaban J connectivity index is 1.72. The molecule has 0 fully saturated rings. The fourth-order valence-corrected chi connectivity index (χ4v) is 2.77. The first-order valence-electron chi connectivity index (χ1n) is 7.56. The molecule has 2 aromatic heterocycles. The van der Waals surface area contributed by atoms with E-state index in [0.29, 0.717) is 28.8 Å². The zero-order valence-electron chi connectivity index (χ0n) is 13.3. The lowest BCUT2D eigenvalue weighted by Gasteiger charge is -2.07. The predicted molar refractivity (Wildman–Crippen MR) is 88.0 cm³/mol. The van der Waals surface area contributed by atoms with Gasteiger partial charge in [0.15, 0.2) is 11.5 Å². The molecule has 1 N–H and O–H groups in total. The number of rotatable bonds is 3. The number of hydrogen-bond donors (Lipinski definition) is 1. The Kier molecular flexibility index (Phi) is 3.43. The van der Waals surface area contributed by atoms with Crippen LogP contribution in [0.15, 0.2) is 47.1 Å². The number of furan rings is 1. The molecule has 25 heavy (non-hydrogen) atoms. The first-order chi connectivity index (χ1) is 12.2. The van der Waals surface area contributed by atoms with E-state index in [1.54, 1.807) is 42.1 Å². The maximum atomic E-state index is 12.8. The zero-order chi connectivity index (χ0) is 17.4. The average Bonchev–Trinajstić information content (AvgIpc) is 3.33. The van der Waals surface area contributed by atoms with Gasteiger partial charge < -0.3 is 19.2 Å². The predicted octanol–water partition coefficient (Wildman–Crippen LogP) is 3.23. The van der Waals surface area contributed by atoms with Crippen molar-refractivity contribution in [2.24, 2.45) is 0 Å². The Hall–Kier alpha value is -3.66. The van der Waals surface area contributed by atoms with E-state index in [1.807, 2.05) is 12.1 Å². The number of anilines is 1. The van der Waals surface area contributed by atoms with Crippen molar-refractivity contribution in [1.82, 2.24) is 4.57 Å². The number of nitrogens with zero attached hydrogens (tertiary/aromatic N) is 2. The van der Waals surface area contributed by atoms with Gasteiger partial charge in [0.1, 0.15) is 23.0 Å². The number of amides is 1. The number of para-hydroxylation sites is 1. The van der Waals surface area contributed by atoms with E-state index in [0.717, 1.165) is 0 Å². The van der Waals surface area contributed by atoms with Crippen molar-refractivity contribution in [3.8, 4) is 23.5 Å². The smallest absolute Gasteiger partial charge is 0.260 e. The van der Waals surface area contributed by atoms with Crippen LogP contribution in [0.1, 0.15) is 21.7 Å². The van der Waals surface area contributed by atoms with Gasteiger partial charge in [0.2, 0.25) is 12.7 Å². The number of nitriles is 1. The minimum absolute atomic E-state index is 0.105. The topological polar surface area (TPSA) is 89.4 Å². The molecular formula is C18H13N3O4. The summed E-state index contributed by atoms with van der Waals surface area (Å²) in [5, 5.41) is 12.3. The van der Waals surface area contributed by atoms with Gasteiger partial charge in [0, 0.05) is 12.4 Å². The molecule has 0 bridgehead atoms. The molecule has 1 aliphatic rings. The van der Waals surface area contributed by atoms with Gasteiger partial charge in [-0.25, -0.2) is 0 Å². The Bertz CT molecular complexity index is 996. The summed E-state index contributed by atoms with van der Waals surface area (Å²) < 4.78 is 18.0. The van der Waals surface area contributed by atoms with Crippen molar-refractivity contribution in [3.05, 3.63) is 59.6 Å². The summed E-state index contributed by atoms with van der Waals surface area (Å²) in [4.78, 5) is 12.8. The third kappa shape index (κ3) is 2.40. The van der Waals surface area contributed by atoms with Crippen LogP contribution in [-0.4, -0.2) is 17.3 Å². The summed E-state index contributed by atoms with van der Waals surface area (Å²) in [6.07, 6.45) is 3.49. The van der Waals surface area contributed by atoms with Gasteiger partial charge in [-0.15, -0.1) is 0 Å². The van der Waals surface area contributed by atoms with E-state index in [9.17, 15) is 10.1 Å². The molecular weight excluding hydrogens is 322 g/mol. The Morgan fingerprint density at radius 2 is 2.04 bits per heavy atom. The molecule has 1 amide bonds. The maximum Gasteiger partial charge on any atom is 0.260 e. The highest BCUT2D eigenvalue weighted by atomic mass is 16.7. The largest absolute Gasteiger partial charge is 0.454 e. The average molecular weight is 335 g/mol. The fourth-order valence-electron chi connectivity index (χ4n) is 2.77. The molecule has 0 aliphatic carbocycles. The monoisotopic (exact) mass is 335 g/mol. The highest BCUT2D eigenvalue weighted by molar-refractivity contribution is 6.08. The lowest BCUT2D eigenvalue weighted by Crippen LogP contribution is -2.14. The van der Waals surface area contributed by atoms with Crippen molar-refractivity contribution in [1.29, 1.82) is 5.26 Å². The molecule has 0 saturated heterocycles. The maximum absolute atomic E-state index is 12.8. The lowest BCUT2D eigenvalue weighted by atomic mass is 10.1. The summed E-state index contributed by atoms with van der Waals surface area (Å²) in [7, 11) is 0. The fraction of sp³-hybridized carbons (Fsp3) is 0.111. The van der Waals surface area contributed by atoms with Crippen molar-refractivity contribution in [2.75, 3.05) is 12.1 Å². The second-order valence-corrected chi connectivity index (χ2v) is 5.41. The quantitative estimate of drug-likeness (QED) is 0.794. The number of ether oxygens (including phenoxy) is 2. The number of benzene rings is 1. The molecule has 7 heteroatoms.